The maximum absolute atomic E-state index is 5.87. The molecule has 3 nitrogen and oxygen atoms in total. The Bertz CT molecular complexity index is 438. The van der Waals surface area contributed by atoms with Crippen molar-refractivity contribution >= 4 is 5.69 Å². The summed E-state index contributed by atoms with van der Waals surface area (Å²) in [5.74, 6) is 0. The third kappa shape index (κ3) is 1.57. The highest BCUT2D eigenvalue weighted by atomic mass is 14.8. The lowest BCUT2D eigenvalue weighted by Gasteiger charge is -2.05. The summed E-state index contributed by atoms with van der Waals surface area (Å²) in [6.45, 7) is 2.03. The molecule has 2 aromatic rings. The zero-order valence-corrected chi connectivity index (χ0v) is 7.94. The summed E-state index contributed by atoms with van der Waals surface area (Å²) in [7, 11) is 0. The summed E-state index contributed by atoms with van der Waals surface area (Å²) in [5, 5.41) is 0. The van der Waals surface area contributed by atoms with Crippen molar-refractivity contribution in [2.24, 2.45) is 0 Å². The lowest BCUT2D eigenvalue weighted by atomic mass is 10.0. The fourth-order valence-corrected chi connectivity index (χ4v) is 1.36. The lowest BCUT2D eigenvalue weighted by Crippen LogP contribution is -1.91. The standard InChI is InChI=1S/C11H11N3/c1-8-2-3-11(12)10(4-8)9-5-13-7-14-6-9/h2-7H,12H2,1H3. The van der Waals surface area contributed by atoms with Crippen molar-refractivity contribution in [3.63, 3.8) is 0 Å². The fourth-order valence-electron chi connectivity index (χ4n) is 1.36. The van der Waals surface area contributed by atoms with Gasteiger partial charge in [-0.2, -0.15) is 0 Å². The number of benzene rings is 1. The van der Waals surface area contributed by atoms with Crippen molar-refractivity contribution in [1.29, 1.82) is 0 Å². The molecule has 1 aromatic carbocycles. The number of rotatable bonds is 1. The van der Waals surface area contributed by atoms with Crippen LogP contribution in [-0.2, 0) is 0 Å². The van der Waals surface area contributed by atoms with Gasteiger partial charge in [-0.05, 0) is 19.1 Å². The summed E-state index contributed by atoms with van der Waals surface area (Å²) in [6.07, 6.45) is 5.03. The molecule has 1 aromatic heterocycles. The predicted molar refractivity (Wildman–Crippen MR) is 56.6 cm³/mol. The van der Waals surface area contributed by atoms with Gasteiger partial charge in [-0.3, -0.25) is 0 Å². The van der Waals surface area contributed by atoms with Crippen LogP contribution in [0.1, 0.15) is 5.56 Å². The van der Waals surface area contributed by atoms with Crippen molar-refractivity contribution in [2.45, 2.75) is 6.92 Å². The highest BCUT2D eigenvalue weighted by Crippen LogP contribution is 2.25. The molecular weight excluding hydrogens is 174 g/mol. The first kappa shape index (κ1) is 8.69. The number of aryl methyl sites for hydroxylation is 1. The zero-order chi connectivity index (χ0) is 9.97. The number of aromatic nitrogens is 2. The first-order valence-electron chi connectivity index (χ1n) is 4.39. The van der Waals surface area contributed by atoms with E-state index in [4.69, 9.17) is 5.73 Å². The van der Waals surface area contributed by atoms with Crippen LogP contribution < -0.4 is 5.73 Å². The van der Waals surface area contributed by atoms with E-state index in [-0.39, 0.29) is 0 Å². The summed E-state index contributed by atoms with van der Waals surface area (Å²) in [4.78, 5) is 7.93. The molecule has 0 aliphatic carbocycles. The number of nitrogen functional groups attached to an aromatic ring is 1. The van der Waals surface area contributed by atoms with Crippen molar-refractivity contribution < 1.29 is 0 Å². The third-order valence-electron chi connectivity index (χ3n) is 2.08. The Morgan fingerprint density at radius 2 is 1.86 bits per heavy atom. The Balaban J connectivity index is 2.57. The second-order valence-corrected chi connectivity index (χ2v) is 3.22. The van der Waals surface area contributed by atoms with E-state index < -0.39 is 0 Å². The van der Waals surface area contributed by atoms with Gasteiger partial charge in [-0.25, -0.2) is 9.97 Å². The predicted octanol–water partition coefficient (Wildman–Crippen LogP) is 2.03. The zero-order valence-electron chi connectivity index (χ0n) is 7.94. The molecule has 1 heterocycles. The van der Waals surface area contributed by atoms with Gasteiger partial charge >= 0.3 is 0 Å². The minimum absolute atomic E-state index is 0.755. The molecule has 0 saturated carbocycles. The first-order chi connectivity index (χ1) is 6.77. The van der Waals surface area contributed by atoms with Crippen LogP contribution in [0.5, 0.6) is 0 Å². The fraction of sp³-hybridized carbons (Fsp3) is 0.0909. The van der Waals surface area contributed by atoms with E-state index in [2.05, 4.69) is 9.97 Å². The molecule has 0 amide bonds. The van der Waals surface area contributed by atoms with Crippen molar-refractivity contribution in [3.05, 3.63) is 42.5 Å². The molecule has 0 aliphatic rings. The van der Waals surface area contributed by atoms with E-state index in [9.17, 15) is 0 Å². The highest BCUT2D eigenvalue weighted by Gasteiger charge is 2.02. The van der Waals surface area contributed by atoms with E-state index in [1.165, 1.54) is 11.9 Å². The summed E-state index contributed by atoms with van der Waals surface area (Å²) in [5.41, 5.74) is 9.74. The molecule has 0 bridgehead atoms. The Labute approximate surface area is 82.6 Å². The molecule has 2 rings (SSSR count). The van der Waals surface area contributed by atoms with Crippen molar-refractivity contribution in [3.8, 4) is 11.1 Å². The molecule has 0 unspecified atom stereocenters. The van der Waals surface area contributed by atoms with Crippen molar-refractivity contribution in [2.75, 3.05) is 5.73 Å². The number of anilines is 1. The highest BCUT2D eigenvalue weighted by molar-refractivity contribution is 5.75. The van der Waals surface area contributed by atoms with Crippen LogP contribution in [0.2, 0.25) is 0 Å². The number of hydrogen-bond acceptors (Lipinski definition) is 3. The van der Waals surface area contributed by atoms with Crippen LogP contribution in [0, 0.1) is 6.92 Å². The smallest absolute Gasteiger partial charge is 0.115 e. The SMILES string of the molecule is Cc1ccc(N)c(-c2cncnc2)c1. The largest absolute Gasteiger partial charge is 0.398 e. The molecule has 0 atom stereocenters. The van der Waals surface area contributed by atoms with E-state index >= 15 is 0 Å². The van der Waals surface area contributed by atoms with Gasteiger partial charge in [0, 0.05) is 29.2 Å². The Morgan fingerprint density at radius 1 is 1.14 bits per heavy atom. The second kappa shape index (κ2) is 3.46. The van der Waals surface area contributed by atoms with E-state index in [1.807, 2.05) is 25.1 Å². The maximum atomic E-state index is 5.87. The second-order valence-electron chi connectivity index (χ2n) is 3.22. The molecule has 14 heavy (non-hydrogen) atoms. The average molecular weight is 185 g/mol. The average Bonchev–Trinajstić information content (AvgIpc) is 2.23. The molecular formula is C11H11N3. The van der Waals surface area contributed by atoms with Crippen LogP contribution in [0.25, 0.3) is 11.1 Å². The van der Waals surface area contributed by atoms with Crippen LogP contribution in [-0.4, -0.2) is 9.97 Å². The normalized spacial score (nSPS) is 10.1. The van der Waals surface area contributed by atoms with Gasteiger partial charge in [-0.1, -0.05) is 11.6 Å². The van der Waals surface area contributed by atoms with Gasteiger partial charge in [0.1, 0.15) is 6.33 Å². The molecule has 0 spiro atoms. The Morgan fingerprint density at radius 3 is 2.57 bits per heavy atom. The molecule has 0 radical (unpaired) electrons. The van der Waals surface area contributed by atoms with Gasteiger partial charge in [0.25, 0.3) is 0 Å². The van der Waals surface area contributed by atoms with Gasteiger partial charge in [0.2, 0.25) is 0 Å². The van der Waals surface area contributed by atoms with Crippen LogP contribution in [0.3, 0.4) is 0 Å². The Hall–Kier alpha value is -1.90. The molecule has 70 valence electrons. The quantitative estimate of drug-likeness (QED) is 0.691. The van der Waals surface area contributed by atoms with Crippen LogP contribution in [0.15, 0.2) is 36.9 Å². The van der Waals surface area contributed by atoms with Gasteiger partial charge in [0.15, 0.2) is 0 Å². The third-order valence-corrected chi connectivity index (χ3v) is 2.08. The minimum atomic E-state index is 0.755. The maximum Gasteiger partial charge on any atom is 0.115 e. The van der Waals surface area contributed by atoms with Crippen molar-refractivity contribution in [1.82, 2.24) is 9.97 Å². The van der Waals surface area contributed by atoms with Crippen LogP contribution in [0.4, 0.5) is 5.69 Å². The van der Waals surface area contributed by atoms with Gasteiger partial charge in [-0.15, -0.1) is 0 Å². The molecule has 2 N–H and O–H groups in total. The molecule has 3 heteroatoms. The molecule has 0 saturated heterocycles. The summed E-state index contributed by atoms with van der Waals surface area (Å²) in [6, 6.07) is 5.92. The van der Waals surface area contributed by atoms with Gasteiger partial charge < -0.3 is 5.73 Å². The van der Waals surface area contributed by atoms with E-state index in [0.29, 0.717) is 0 Å². The van der Waals surface area contributed by atoms with Gasteiger partial charge in [0.05, 0.1) is 0 Å². The van der Waals surface area contributed by atoms with E-state index in [1.54, 1.807) is 12.4 Å². The topological polar surface area (TPSA) is 51.8 Å². The van der Waals surface area contributed by atoms with Crippen LogP contribution >= 0.6 is 0 Å². The first-order valence-corrected chi connectivity index (χ1v) is 4.39. The summed E-state index contributed by atoms with van der Waals surface area (Å²) >= 11 is 0. The molecule has 0 fully saturated rings. The summed E-state index contributed by atoms with van der Waals surface area (Å²) < 4.78 is 0. The monoisotopic (exact) mass is 185 g/mol. The minimum Gasteiger partial charge on any atom is -0.398 e. The molecule has 0 aliphatic heterocycles. The number of hydrogen-bond donors (Lipinski definition) is 1. The number of nitrogens with two attached hydrogens (primary N) is 1. The van der Waals surface area contributed by atoms with E-state index in [0.717, 1.165) is 16.8 Å². The Kier molecular flexibility index (Phi) is 2.14. The lowest BCUT2D eigenvalue weighted by molar-refractivity contribution is 1.17. The number of nitrogens with zero attached hydrogens (tertiary/aromatic N) is 2.